The summed E-state index contributed by atoms with van der Waals surface area (Å²) in [7, 11) is 4.96. The quantitative estimate of drug-likeness (QED) is 0.0571. The first-order valence-electron chi connectivity index (χ1n) is 20.4. The summed E-state index contributed by atoms with van der Waals surface area (Å²) in [6.45, 7) is 3.98. The van der Waals surface area contributed by atoms with E-state index >= 15 is 0 Å². The van der Waals surface area contributed by atoms with E-state index in [4.69, 9.17) is 33.2 Å². The molecule has 0 radical (unpaired) electrons. The van der Waals surface area contributed by atoms with Crippen molar-refractivity contribution in [3.05, 3.63) is 197 Å². The lowest BCUT2D eigenvalue weighted by atomic mass is 9.54. The van der Waals surface area contributed by atoms with Gasteiger partial charge in [0, 0.05) is 26.7 Å². The Labute approximate surface area is 355 Å². The summed E-state index contributed by atoms with van der Waals surface area (Å²) >= 11 is 0. The average Bonchev–Trinajstić information content (AvgIpc) is 3.62. The average molecular weight is 815 g/mol. The molecule has 9 heteroatoms. The third kappa shape index (κ3) is 6.21. The van der Waals surface area contributed by atoms with E-state index in [0.29, 0.717) is 23.7 Å². The number of hydrogen-bond donors (Lipinski definition) is 0. The van der Waals surface area contributed by atoms with Crippen molar-refractivity contribution in [3.8, 4) is 28.4 Å². The zero-order valence-corrected chi connectivity index (χ0v) is 34.4. The molecule has 9 nitrogen and oxygen atoms in total. The Morgan fingerprint density at radius 3 is 1.62 bits per heavy atom. The molecule has 0 heterocycles. The van der Waals surface area contributed by atoms with Gasteiger partial charge in [-0.25, -0.2) is 4.79 Å². The van der Waals surface area contributed by atoms with Crippen LogP contribution in [0.4, 0.5) is 0 Å². The number of rotatable bonds is 15. The molecule has 4 aliphatic carbocycles. The first-order valence-corrected chi connectivity index (χ1v) is 20.4. The number of carbonyl (C=O) groups excluding carboxylic acids is 2. The Morgan fingerprint density at radius 2 is 1.08 bits per heavy atom. The van der Waals surface area contributed by atoms with Gasteiger partial charge in [0.25, 0.3) is 0 Å². The van der Waals surface area contributed by atoms with Gasteiger partial charge < -0.3 is 33.2 Å². The zero-order chi connectivity index (χ0) is 42.2. The van der Waals surface area contributed by atoms with Crippen molar-refractivity contribution < 1.29 is 42.7 Å². The lowest BCUT2D eigenvalue weighted by Crippen LogP contribution is -2.58. The molecule has 0 aliphatic heterocycles. The fourth-order valence-electron chi connectivity index (χ4n) is 10.1. The molecule has 308 valence electrons. The third-order valence-electron chi connectivity index (χ3n) is 12.6. The molecule has 3 atom stereocenters. The van der Waals surface area contributed by atoms with Crippen LogP contribution in [-0.2, 0) is 45.2 Å². The van der Waals surface area contributed by atoms with Crippen LogP contribution in [0.15, 0.2) is 152 Å². The van der Waals surface area contributed by atoms with Gasteiger partial charge in [0.05, 0.1) is 18.4 Å². The Balaban J connectivity index is 0.944. The lowest BCUT2D eigenvalue weighted by Gasteiger charge is -2.56. The summed E-state index contributed by atoms with van der Waals surface area (Å²) < 4.78 is 41.6. The fourth-order valence-corrected chi connectivity index (χ4v) is 10.1. The molecule has 0 N–H and O–H groups in total. The van der Waals surface area contributed by atoms with Gasteiger partial charge in [-0.1, -0.05) is 110 Å². The maximum Gasteiger partial charge on any atom is 0.330 e. The Morgan fingerprint density at radius 1 is 0.574 bits per heavy atom. The van der Waals surface area contributed by atoms with Crippen LogP contribution in [0.2, 0.25) is 0 Å². The van der Waals surface area contributed by atoms with Gasteiger partial charge in [-0.15, -0.1) is 0 Å². The van der Waals surface area contributed by atoms with E-state index in [1.54, 1.807) is 21.3 Å². The van der Waals surface area contributed by atoms with Crippen LogP contribution < -0.4 is 14.2 Å². The highest BCUT2D eigenvalue weighted by molar-refractivity contribution is 5.86. The molecule has 3 unspecified atom stereocenters. The minimum atomic E-state index is -1.07. The van der Waals surface area contributed by atoms with Gasteiger partial charge in [-0.2, -0.15) is 0 Å². The molecule has 0 saturated heterocycles. The SMILES string of the molecule is C=CC(=O)OCCOc1ccc(C2(c3ccc(OCCOC(=O)C4CC5(OC)c6ccccc6C4(OC)c4ccc(OC)cc45)cc3)c3ccccc3-c3ccccc32)cc1. The second-order valence-corrected chi connectivity index (χ2v) is 15.3. The molecular formula is C52H46O9. The van der Waals surface area contributed by atoms with Crippen LogP contribution in [0, 0.1) is 5.92 Å². The van der Waals surface area contributed by atoms with Crippen LogP contribution in [0.5, 0.6) is 17.2 Å². The van der Waals surface area contributed by atoms with Crippen molar-refractivity contribution in [2.24, 2.45) is 5.92 Å². The zero-order valence-electron chi connectivity index (χ0n) is 34.4. The van der Waals surface area contributed by atoms with Gasteiger partial charge in [-0.3, -0.25) is 4.79 Å². The number of esters is 2. The predicted molar refractivity (Wildman–Crippen MR) is 230 cm³/mol. The molecule has 4 aliphatic rings. The molecule has 0 spiro atoms. The minimum absolute atomic E-state index is 0.0454. The van der Waals surface area contributed by atoms with Crippen molar-refractivity contribution in [1.82, 2.24) is 0 Å². The van der Waals surface area contributed by atoms with Crippen molar-refractivity contribution in [2.75, 3.05) is 47.8 Å². The van der Waals surface area contributed by atoms with Gasteiger partial charge in [-0.05, 0) is 92.0 Å². The van der Waals surface area contributed by atoms with Crippen LogP contribution in [0.1, 0.15) is 50.9 Å². The van der Waals surface area contributed by atoms with Crippen LogP contribution in [0.25, 0.3) is 11.1 Å². The topological polar surface area (TPSA) is 98.8 Å². The Kier molecular flexibility index (Phi) is 10.5. The number of carbonyl (C=O) groups is 2. The second kappa shape index (κ2) is 16.1. The lowest BCUT2D eigenvalue weighted by molar-refractivity contribution is -0.173. The van der Waals surface area contributed by atoms with E-state index in [0.717, 1.165) is 39.5 Å². The number of hydrogen-bond acceptors (Lipinski definition) is 9. The normalized spacial score (nSPS) is 19.7. The van der Waals surface area contributed by atoms with Gasteiger partial charge >= 0.3 is 11.9 Å². The first-order chi connectivity index (χ1) is 29.8. The molecule has 0 aromatic heterocycles. The molecular weight excluding hydrogens is 769 g/mol. The monoisotopic (exact) mass is 814 g/mol. The smallest absolute Gasteiger partial charge is 0.330 e. The molecule has 0 saturated carbocycles. The van der Waals surface area contributed by atoms with Gasteiger partial charge in [0.1, 0.15) is 54.9 Å². The van der Waals surface area contributed by atoms with Crippen molar-refractivity contribution >= 4 is 11.9 Å². The van der Waals surface area contributed by atoms with E-state index in [9.17, 15) is 9.59 Å². The van der Waals surface area contributed by atoms with Gasteiger partial charge in [0.15, 0.2) is 0 Å². The summed E-state index contributed by atoms with van der Waals surface area (Å²) in [6, 6.07) is 47.1. The van der Waals surface area contributed by atoms with E-state index in [1.165, 1.54) is 22.3 Å². The van der Waals surface area contributed by atoms with Crippen molar-refractivity contribution in [3.63, 3.8) is 0 Å². The highest BCUT2D eigenvalue weighted by Gasteiger charge is 2.64. The van der Waals surface area contributed by atoms with Crippen LogP contribution >= 0.6 is 0 Å². The van der Waals surface area contributed by atoms with E-state index in [2.05, 4.69) is 79.4 Å². The fraction of sp³-hybridized carbons (Fsp3) is 0.231. The van der Waals surface area contributed by atoms with E-state index in [-0.39, 0.29) is 32.4 Å². The van der Waals surface area contributed by atoms with Crippen LogP contribution in [0.3, 0.4) is 0 Å². The third-order valence-corrected chi connectivity index (χ3v) is 12.6. The molecule has 2 bridgehead atoms. The van der Waals surface area contributed by atoms with E-state index < -0.39 is 28.5 Å². The van der Waals surface area contributed by atoms with Crippen molar-refractivity contribution in [1.29, 1.82) is 0 Å². The standard InChI is InChI=1S/C52H46O9/c1-5-48(53)60-30-28-58-36-22-18-34(19-23-36)51(41-14-8-6-12-39(41)40-13-7-9-15-42(40)51)35-20-24-37(25-21-35)59-29-31-61-49(54)47-33-50(56-3)43-16-10-11-17-44(43)52(47,57-4)45-27-26-38(55-2)32-46(45)50/h5-27,32,47H,1,28-31,33H2,2-4H3. The Hall–Kier alpha value is -6.68. The molecule has 10 rings (SSSR count). The molecule has 61 heavy (non-hydrogen) atoms. The summed E-state index contributed by atoms with van der Waals surface area (Å²) in [6.07, 6.45) is 1.47. The summed E-state index contributed by atoms with van der Waals surface area (Å²) in [4.78, 5) is 25.6. The minimum Gasteiger partial charge on any atom is -0.497 e. The highest BCUT2D eigenvalue weighted by Crippen LogP contribution is 2.63. The number of ether oxygens (including phenoxy) is 7. The molecule has 0 amide bonds. The number of benzene rings is 6. The molecule has 6 aromatic rings. The Bertz CT molecular complexity index is 2570. The van der Waals surface area contributed by atoms with Crippen molar-refractivity contribution in [2.45, 2.75) is 23.0 Å². The molecule has 6 aromatic carbocycles. The second-order valence-electron chi connectivity index (χ2n) is 15.3. The highest BCUT2D eigenvalue weighted by atomic mass is 16.6. The summed E-state index contributed by atoms with van der Waals surface area (Å²) in [5.41, 5.74) is 7.88. The summed E-state index contributed by atoms with van der Waals surface area (Å²) in [5, 5.41) is 0. The number of methoxy groups -OCH3 is 3. The predicted octanol–water partition coefficient (Wildman–Crippen LogP) is 8.90. The molecule has 0 fully saturated rings. The van der Waals surface area contributed by atoms with E-state index in [1.807, 2.05) is 66.7 Å². The largest absolute Gasteiger partial charge is 0.497 e. The first kappa shape index (κ1) is 39.8. The maximum absolute atomic E-state index is 14.2. The summed E-state index contributed by atoms with van der Waals surface area (Å²) in [5.74, 6) is 0.471. The number of fused-ring (bicyclic) bond motifs is 4. The van der Waals surface area contributed by atoms with Crippen LogP contribution in [-0.4, -0.2) is 59.7 Å². The maximum atomic E-state index is 14.2. The van der Waals surface area contributed by atoms with Gasteiger partial charge in [0.2, 0.25) is 0 Å².